The molecule has 1 aromatic rings. The zero-order valence-corrected chi connectivity index (χ0v) is 35.3. The molecule has 0 aromatic heterocycles. The van der Waals surface area contributed by atoms with Crippen LogP contribution < -0.4 is 31.9 Å². The summed E-state index contributed by atoms with van der Waals surface area (Å²) in [6, 6.07) is -2.68. The lowest BCUT2D eigenvalue weighted by Gasteiger charge is -2.34. The van der Waals surface area contributed by atoms with Gasteiger partial charge in [0.1, 0.15) is 36.5 Å². The fourth-order valence-electron chi connectivity index (χ4n) is 5.90. The molecule has 0 saturated carbocycles. The number of hydrogen-bond donors (Lipinski definition) is 9. The van der Waals surface area contributed by atoms with Crippen LogP contribution in [0.2, 0.25) is 0 Å². The molecule has 6 amide bonds. The molecule has 6 atom stereocenters. The summed E-state index contributed by atoms with van der Waals surface area (Å²) >= 11 is 0. The molecule has 0 heterocycles. The first-order valence-electron chi connectivity index (χ1n) is 19.5. The van der Waals surface area contributed by atoms with E-state index in [9.17, 15) is 66.9 Å². The molecular formula is C40H58F2N6O13. The second-order valence-electron chi connectivity index (χ2n) is 16.3. The standard InChI is InChI=1S/C40H58F2N6O13/c1-21(2)16-26(35(58)43-24(20-49)19-40(7,41)42)47-38(61)33(39(4,5)6)48-37(60)27(17-23-11-9-8-10-22(23)3)46-34(57)25(12-14-30(51)52)45-36(59)28(18-32(55)56)44-29(50)13-15-31(53)54/h8-11,20-21,24-28,33H,12-19H2,1-7H3,(H,43,58)(H,44,50)(H,45,59)(H,46,57)(H,47,61)(H,48,60)(H,51,52)(H,53,54)(H,55,56)/t24?,25-,26-,27-,28-,33+/m0/s1. The molecular weight excluding hydrogens is 810 g/mol. The quantitative estimate of drug-likeness (QED) is 0.0588. The number of aryl methyl sites for hydroxylation is 1. The number of amides is 6. The molecule has 0 aliphatic carbocycles. The Labute approximate surface area is 351 Å². The van der Waals surface area contributed by atoms with Crippen molar-refractivity contribution in [2.24, 2.45) is 11.3 Å². The second-order valence-corrected chi connectivity index (χ2v) is 16.3. The van der Waals surface area contributed by atoms with Crippen LogP contribution in [0.25, 0.3) is 0 Å². The van der Waals surface area contributed by atoms with E-state index in [2.05, 4.69) is 31.9 Å². The number of benzene rings is 1. The van der Waals surface area contributed by atoms with Gasteiger partial charge in [-0.1, -0.05) is 58.9 Å². The molecule has 340 valence electrons. The summed E-state index contributed by atoms with van der Waals surface area (Å²) in [5.41, 5.74) is 0.146. The average Bonchev–Trinajstić information content (AvgIpc) is 3.12. The molecule has 0 saturated heterocycles. The highest BCUT2D eigenvalue weighted by molar-refractivity contribution is 5.97. The van der Waals surface area contributed by atoms with Gasteiger partial charge in [0.05, 0.1) is 18.9 Å². The third kappa shape index (κ3) is 20.7. The van der Waals surface area contributed by atoms with Gasteiger partial charge >= 0.3 is 17.9 Å². The molecule has 0 radical (unpaired) electrons. The minimum absolute atomic E-state index is 0.00519. The van der Waals surface area contributed by atoms with Crippen molar-refractivity contribution in [2.45, 2.75) is 142 Å². The summed E-state index contributed by atoms with van der Waals surface area (Å²) in [6.45, 7) is 10.5. The Bertz CT molecular complexity index is 1760. The van der Waals surface area contributed by atoms with Crippen LogP contribution in [0.3, 0.4) is 0 Å². The number of carboxylic acid groups (broad SMARTS) is 3. The zero-order chi connectivity index (χ0) is 46.8. The third-order valence-electron chi connectivity index (χ3n) is 9.02. The molecule has 1 aromatic carbocycles. The van der Waals surface area contributed by atoms with Crippen LogP contribution in [-0.4, -0.2) is 117 Å². The molecule has 9 N–H and O–H groups in total. The lowest BCUT2D eigenvalue weighted by molar-refractivity contribution is -0.142. The first-order chi connectivity index (χ1) is 28.1. The van der Waals surface area contributed by atoms with E-state index in [1.54, 1.807) is 65.8 Å². The van der Waals surface area contributed by atoms with E-state index in [4.69, 9.17) is 5.11 Å². The van der Waals surface area contributed by atoms with Gasteiger partial charge in [0.15, 0.2) is 0 Å². The van der Waals surface area contributed by atoms with E-state index >= 15 is 0 Å². The molecule has 61 heavy (non-hydrogen) atoms. The lowest BCUT2D eigenvalue weighted by Crippen LogP contribution is -2.62. The fourth-order valence-corrected chi connectivity index (χ4v) is 5.90. The smallest absolute Gasteiger partial charge is 0.305 e. The summed E-state index contributed by atoms with van der Waals surface area (Å²) < 4.78 is 27.4. The van der Waals surface area contributed by atoms with E-state index < -0.39 is 139 Å². The molecule has 21 heteroatoms. The van der Waals surface area contributed by atoms with Gasteiger partial charge in [-0.05, 0) is 49.1 Å². The zero-order valence-electron chi connectivity index (χ0n) is 35.3. The maximum absolute atomic E-state index is 14.2. The number of alkyl halides is 2. The fraction of sp³-hybridized carbons (Fsp3) is 0.600. The van der Waals surface area contributed by atoms with Crippen molar-refractivity contribution < 1.29 is 72.0 Å². The molecule has 0 aliphatic rings. The van der Waals surface area contributed by atoms with Crippen molar-refractivity contribution in [3.63, 3.8) is 0 Å². The Hall–Kier alpha value is -6.02. The Balaban J connectivity index is 3.56. The van der Waals surface area contributed by atoms with Crippen LogP contribution in [0.5, 0.6) is 0 Å². The predicted octanol–water partition coefficient (Wildman–Crippen LogP) is 0.987. The first-order valence-corrected chi connectivity index (χ1v) is 19.5. The third-order valence-corrected chi connectivity index (χ3v) is 9.02. The van der Waals surface area contributed by atoms with Gasteiger partial charge in [0.25, 0.3) is 0 Å². The number of carbonyl (C=O) groups excluding carboxylic acids is 7. The summed E-state index contributed by atoms with van der Waals surface area (Å²) in [4.78, 5) is 126. The van der Waals surface area contributed by atoms with Gasteiger partial charge in [-0.25, -0.2) is 8.78 Å². The van der Waals surface area contributed by atoms with E-state index in [1.807, 2.05) is 0 Å². The van der Waals surface area contributed by atoms with Crippen molar-refractivity contribution in [2.75, 3.05) is 0 Å². The lowest BCUT2D eigenvalue weighted by atomic mass is 9.85. The van der Waals surface area contributed by atoms with Crippen LogP contribution in [0.4, 0.5) is 8.78 Å². The predicted molar refractivity (Wildman–Crippen MR) is 213 cm³/mol. The summed E-state index contributed by atoms with van der Waals surface area (Å²) in [7, 11) is 0. The van der Waals surface area contributed by atoms with Crippen LogP contribution >= 0.6 is 0 Å². The highest BCUT2D eigenvalue weighted by Crippen LogP contribution is 2.22. The first kappa shape index (κ1) is 53.0. The van der Waals surface area contributed by atoms with E-state index in [-0.39, 0.29) is 25.0 Å². The Morgan fingerprint density at radius 1 is 0.656 bits per heavy atom. The van der Waals surface area contributed by atoms with Crippen molar-refractivity contribution in [3.8, 4) is 0 Å². The Morgan fingerprint density at radius 2 is 1.18 bits per heavy atom. The van der Waals surface area contributed by atoms with Crippen molar-refractivity contribution in [1.82, 2.24) is 31.9 Å². The van der Waals surface area contributed by atoms with Crippen molar-refractivity contribution in [1.29, 1.82) is 0 Å². The van der Waals surface area contributed by atoms with Crippen LogP contribution in [0, 0.1) is 18.3 Å². The second kappa shape index (κ2) is 24.3. The van der Waals surface area contributed by atoms with Crippen molar-refractivity contribution >= 4 is 59.6 Å². The molecule has 19 nitrogen and oxygen atoms in total. The summed E-state index contributed by atoms with van der Waals surface area (Å²) in [5, 5.41) is 41.8. The van der Waals surface area contributed by atoms with Crippen LogP contribution in [-0.2, 0) is 54.4 Å². The van der Waals surface area contributed by atoms with Crippen LogP contribution in [0.1, 0.15) is 97.6 Å². The number of halogens is 2. The highest BCUT2D eigenvalue weighted by Gasteiger charge is 2.39. The molecule has 1 unspecified atom stereocenters. The topological polar surface area (TPSA) is 304 Å². The monoisotopic (exact) mass is 868 g/mol. The number of aliphatic carboxylic acids is 3. The maximum atomic E-state index is 14.2. The van der Waals surface area contributed by atoms with Crippen LogP contribution in [0.15, 0.2) is 24.3 Å². The van der Waals surface area contributed by atoms with Gasteiger partial charge < -0.3 is 52.0 Å². The maximum Gasteiger partial charge on any atom is 0.305 e. The van der Waals surface area contributed by atoms with Gasteiger partial charge in [-0.15, -0.1) is 0 Å². The number of carbonyl (C=O) groups is 10. The highest BCUT2D eigenvalue weighted by atomic mass is 19.3. The van der Waals surface area contributed by atoms with Gasteiger partial charge in [0.2, 0.25) is 41.4 Å². The van der Waals surface area contributed by atoms with Gasteiger partial charge in [-0.2, -0.15) is 0 Å². The minimum atomic E-state index is -3.30. The molecule has 0 fully saturated rings. The van der Waals surface area contributed by atoms with E-state index in [0.717, 1.165) is 0 Å². The van der Waals surface area contributed by atoms with Gasteiger partial charge in [0, 0.05) is 25.7 Å². The SMILES string of the molecule is Cc1ccccc1C[C@H](NC(=O)[C@H](CCC(=O)O)NC(=O)[C@H](CC(=O)O)NC(=O)CCC(=O)O)C(=O)N[C@H](C(=O)N[C@@H](CC(C)C)C(=O)NC(C=O)CC(C)(F)F)C(C)(C)C. The number of hydrogen-bond acceptors (Lipinski definition) is 10. The van der Waals surface area contributed by atoms with E-state index in [1.165, 1.54) is 0 Å². The van der Waals surface area contributed by atoms with E-state index in [0.29, 0.717) is 18.1 Å². The molecule has 1 rings (SSSR count). The van der Waals surface area contributed by atoms with Gasteiger partial charge in [-0.3, -0.25) is 43.2 Å². The minimum Gasteiger partial charge on any atom is -0.481 e. The Morgan fingerprint density at radius 3 is 1.69 bits per heavy atom. The number of rotatable bonds is 26. The summed E-state index contributed by atoms with van der Waals surface area (Å²) in [5.74, 6) is -13.9. The number of nitrogens with one attached hydrogen (secondary N) is 6. The Kier molecular flexibility index (Phi) is 21.1. The van der Waals surface area contributed by atoms with Crippen molar-refractivity contribution in [3.05, 3.63) is 35.4 Å². The largest absolute Gasteiger partial charge is 0.481 e. The number of carboxylic acids is 3. The average molecular weight is 869 g/mol. The summed E-state index contributed by atoms with van der Waals surface area (Å²) in [6.07, 6.45) is -4.58. The molecule has 0 bridgehead atoms. The number of aldehydes is 1. The molecule has 0 aliphatic heterocycles. The molecule has 0 spiro atoms. The normalized spacial score (nSPS) is 14.5.